The molecule has 0 N–H and O–H groups in total. The van der Waals surface area contributed by atoms with Crippen LogP contribution in [0.3, 0.4) is 0 Å². The van der Waals surface area contributed by atoms with Crippen molar-refractivity contribution in [1.82, 2.24) is 0 Å². The third kappa shape index (κ3) is 2.72. The summed E-state index contributed by atoms with van der Waals surface area (Å²) >= 11 is 0. The first-order valence-electron chi connectivity index (χ1n) is 6.95. The summed E-state index contributed by atoms with van der Waals surface area (Å²) in [5, 5.41) is 11.8. The number of hydrogen-bond donors (Lipinski definition) is 0. The van der Waals surface area contributed by atoms with Gasteiger partial charge >= 0.3 is 0 Å². The van der Waals surface area contributed by atoms with Gasteiger partial charge in [0, 0.05) is 35.7 Å². The molecule has 0 bridgehead atoms. The van der Waals surface area contributed by atoms with Crippen molar-refractivity contribution in [3.63, 3.8) is 0 Å². The molecule has 0 saturated heterocycles. The minimum atomic E-state index is -0.392. The summed E-state index contributed by atoms with van der Waals surface area (Å²) in [4.78, 5) is 10.3. The fourth-order valence-corrected chi connectivity index (χ4v) is 2.42. The Bertz CT molecular complexity index is 868. The van der Waals surface area contributed by atoms with Crippen LogP contribution in [0.1, 0.15) is 11.3 Å². The summed E-state index contributed by atoms with van der Waals surface area (Å²) < 4.78 is 2.12. The maximum Gasteiger partial charge on any atom is 0.269 e. The molecular weight excluding hydrogens is 276 g/mol. The van der Waals surface area contributed by atoms with Crippen LogP contribution in [0.25, 0.3) is 23.1 Å². The lowest BCUT2D eigenvalue weighted by atomic mass is 10.1. The molecule has 22 heavy (non-hydrogen) atoms. The van der Waals surface area contributed by atoms with Crippen LogP contribution in [0.4, 0.5) is 5.69 Å². The van der Waals surface area contributed by atoms with E-state index in [-0.39, 0.29) is 5.69 Å². The molecule has 1 aromatic heterocycles. The molecule has 0 aliphatic heterocycles. The lowest BCUT2D eigenvalue weighted by Gasteiger charge is -1.99. The quantitative estimate of drug-likeness (QED) is 0.419. The number of aromatic nitrogens is 1. The van der Waals surface area contributed by atoms with Gasteiger partial charge in [0.05, 0.1) is 4.92 Å². The van der Waals surface area contributed by atoms with Crippen molar-refractivity contribution >= 4 is 28.7 Å². The van der Waals surface area contributed by atoms with E-state index in [1.54, 1.807) is 12.1 Å². The molecule has 108 valence electrons. The summed E-state index contributed by atoms with van der Waals surface area (Å²) in [6.07, 6.45) is 3.96. The maximum atomic E-state index is 10.6. The van der Waals surface area contributed by atoms with Gasteiger partial charge in [-0.2, -0.15) is 4.57 Å². The second-order valence-electron chi connectivity index (χ2n) is 5.06. The van der Waals surface area contributed by atoms with Crippen molar-refractivity contribution < 1.29 is 9.49 Å². The zero-order chi connectivity index (χ0) is 15.5. The highest BCUT2D eigenvalue weighted by atomic mass is 16.6. The molecule has 1 heterocycles. The van der Waals surface area contributed by atoms with Crippen LogP contribution in [0, 0.1) is 10.1 Å². The Hall–Kier alpha value is -3.01. The topological polar surface area (TPSA) is 47.0 Å². The predicted molar refractivity (Wildman–Crippen MR) is 87.1 cm³/mol. The summed E-state index contributed by atoms with van der Waals surface area (Å²) in [5.41, 5.74) is 3.26. The molecule has 0 spiro atoms. The smallest absolute Gasteiger partial charge is 0.258 e. The number of aryl methyl sites for hydroxylation is 1. The number of nitrogens with zero attached hydrogens (tertiary/aromatic N) is 2. The second-order valence-corrected chi connectivity index (χ2v) is 5.06. The van der Waals surface area contributed by atoms with Gasteiger partial charge in [-0.25, -0.2) is 0 Å². The van der Waals surface area contributed by atoms with E-state index in [0.29, 0.717) is 0 Å². The van der Waals surface area contributed by atoms with Gasteiger partial charge < -0.3 is 0 Å². The minimum absolute atomic E-state index is 0.105. The first kappa shape index (κ1) is 13.9. The van der Waals surface area contributed by atoms with E-state index in [1.165, 1.54) is 17.5 Å². The van der Waals surface area contributed by atoms with Crippen LogP contribution in [0.2, 0.25) is 0 Å². The fourth-order valence-electron chi connectivity index (χ4n) is 2.42. The Labute approximate surface area is 128 Å². The van der Waals surface area contributed by atoms with E-state index in [2.05, 4.69) is 28.8 Å². The lowest BCUT2D eigenvalue weighted by Crippen LogP contribution is -2.32. The van der Waals surface area contributed by atoms with Gasteiger partial charge in [-0.15, -0.1) is 0 Å². The Morgan fingerprint density at radius 1 is 0.955 bits per heavy atom. The van der Waals surface area contributed by atoms with Crippen LogP contribution < -0.4 is 4.57 Å². The summed E-state index contributed by atoms with van der Waals surface area (Å²) in [5.74, 6) is 0. The van der Waals surface area contributed by atoms with E-state index in [4.69, 9.17) is 0 Å². The average Bonchev–Trinajstić information content (AvgIpc) is 2.55. The molecule has 3 rings (SSSR count). The van der Waals surface area contributed by atoms with Crippen molar-refractivity contribution in [3.8, 4) is 0 Å². The van der Waals surface area contributed by atoms with E-state index in [9.17, 15) is 10.1 Å². The van der Waals surface area contributed by atoms with Crippen molar-refractivity contribution in [1.29, 1.82) is 0 Å². The summed E-state index contributed by atoms with van der Waals surface area (Å²) in [6.45, 7) is 0. The number of nitro groups is 1. The van der Waals surface area contributed by atoms with Crippen LogP contribution >= 0.6 is 0 Å². The fraction of sp³-hybridized carbons (Fsp3) is 0.0556. The second kappa shape index (κ2) is 5.77. The molecule has 0 amide bonds. The number of pyridine rings is 1. The number of para-hydroxylation sites is 1. The summed E-state index contributed by atoms with van der Waals surface area (Å²) in [6, 6.07) is 18.9. The molecule has 0 aliphatic carbocycles. The van der Waals surface area contributed by atoms with Crippen molar-refractivity contribution in [3.05, 3.63) is 82.0 Å². The third-order valence-corrected chi connectivity index (χ3v) is 3.67. The SMILES string of the molecule is C[n+]1c(/C=C\c2ccc([N+](=O)[O-])cc2)ccc2ccccc21. The van der Waals surface area contributed by atoms with Crippen molar-refractivity contribution in [2.24, 2.45) is 7.05 Å². The molecule has 0 aliphatic rings. The van der Waals surface area contributed by atoms with Crippen molar-refractivity contribution in [2.75, 3.05) is 0 Å². The van der Waals surface area contributed by atoms with Gasteiger partial charge in [0.25, 0.3) is 5.69 Å². The first-order chi connectivity index (χ1) is 10.6. The zero-order valence-corrected chi connectivity index (χ0v) is 12.1. The third-order valence-electron chi connectivity index (χ3n) is 3.67. The lowest BCUT2D eigenvalue weighted by molar-refractivity contribution is -0.646. The minimum Gasteiger partial charge on any atom is -0.258 e. The van der Waals surface area contributed by atoms with Gasteiger partial charge in [-0.05, 0) is 35.9 Å². The molecule has 0 atom stereocenters. The van der Waals surface area contributed by atoms with Gasteiger partial charge in [0.2, 0.25) is 11.2 Å². The van der Waals surface area contributed by atoms with Gasteiger partial charge in [0.15, 0.2) is 0 Å². The number of nitro benzene ring substituents is 1. The average molecular weight is 291 g/mol. The first-order valence-corrected chi connectivity index (χ1v) is 6.95. The standard InChI is InChI=1S/C18H15N2O2/c1-19-16(13-9-15-4-2-3-5-18(15)19)10-6-14-7-11-17(12-8-14)20(21)22/h2-13H,1H3/q+1/b10-6-. The highest BCUT2D eigenvalue weighted by Crippen LogP contribution is 2.15. The summed E-state index contributed by atoms with van der Waals surface area (Å²) in [7, 11) is 2.03. The number of rotatable bonds is 3. The molecular formula is C18H15N2O2+. The Balaban J connectivity index is 1.92. The predicted octanol–water partition coefficient (Wildman–Crippen LogP) is 3.74. The van der Waals surface area contributed by atoms with E-state index in [1.807, 2.05) is 31.3 Å². The molecule has 0 unspecified atom stereocenters. The van der Waals surface area contributed by atoms with Gasteiger partial charge in [0.1, 0.15) is 7.05 Å². The molecule has 3 aromatic rings. The van der Waals surface area contributed by atoms with E-state index >= 15 is 0 Å². The largest absolute Gasteiger partial charge is 0.269 e. The molecule has 4 heteroatoms. The Kier molecular flexibility index (Phi) is 3.66. The highest BCUT2D eigenvalue weighted by molar-refractivity contribution is 5.77. The molecule has 0 fully saturated rings. The number of non-ortho nitro benzene ring substituents is 1. The monoisotopic (exact) mass is 291 g/mol. The van der Waals surface area contributed by atoms with E-state index in [0.717, 1.165) is 16.8 Å². The number of fused-ring (bicyclic) bond motifs is 1. The van der Waals surface area contributed by atoms with Crippen LogP contribution in [-0.4, -0.2) is 4.92 Å². The zero-order valence-electron chi connectivity index (χ0n) is 12.1. The van der Waals surface area contributed by atoms with Crippen LogP contribution in [0.15, 0.2) is 60.7 Å². The molecule has 0 radical (unpaired) electrons. The maximum absolute atomic E-state index is 10.6. The van der Waals surface area contributed by atoms with Crippen LogP contribution in [-0.2, 0) is 7.05 Å². The Morgan fingerprint density at radius 2 is 1.68 bits per heavy atom. The van der Waals surface area contributed by atoms with Gasteiger partial charge in [-0.3, -0.25) is 10.1 Å². The van der Waals surface area contributed by atoms with Gasteiger partial charge in [-0.1, -0.05) is 12.1 Å². The highest BCUT2D eigenvalue weighted by Gasteiger charge is 2.08. The van der Waals surface area contributed by atoms with E-state index < -0.39 is 4.92 Å². The molecule has 2 aromatic carbocycles. The van der Waals surface area contributed by atoms with Crippen LogP contribution in [0.5, 0.6) is 0 Å². The van der Waals surface area contributed by atoms with Crippen molar-refractivity contribution in [2.45, 2.75) is 0 Å². The molecule has 0 saturated carbocycles. The number of hydrogen-bond acceptors (Lipinski definition) is 2. The normalized spacial score (nSPS) is 11.1. The molecule has 4 nitrogen and oxygen atoms in total. The Morgan fingerprint density at radius 3 is 2.41 bits per heavy atom. The number of benzene rings is 2.